The molecule has 1 rings (SSSR count). The van der Waals surface area contributed by atoms with E-state index in [-0.39, 0.29) is 6.10 Å². The molecule has 0 saturated carbocycles. The van der Waals surface area contributed by atoms with Crippen LogP contribution in [-0.2, 0) is 8.85 Å². The average molecular weight is 287 g/mol. The second-order valence-corrected chi connectivity index (χ2v) is 16.1. The van der Waals surface area contributed by atoms with Gasteiger partial charge in [0.15, 0.2) is 16.6 Å². The standard InChI is InChI=1S/C14H30O2Si2/c1-17(2,3)15-13-11-9-7-8-10-12-14(13)16-18(4,5)6/h7,9,13-14H,8,10-12H2,1-6H3/b9-7-. The van der Waals surface area contributed by atoms with Crippen molar-refractivity contribution in [3.63, 3.8) is 0 Å². The zero-order chi connectivity index (χ0) is 13.8. The summed E-state index contributed by atoms with van der Waals surface area (Å²) in [6.07, 6.45) is 9.70. The Balaban J connectivity index is 2.74. The van der Waals surface area contributed by atoms with E-state index in [0.29, 0.717) is 6.10 Å². The van der Waals surface area contributed by atoms with Crippen LogP contribution in [0.25, 0.3) is 0 Å². The Bertz CT molecular complexity index is 276. The van der Waals surface area contributed by atoms with E-state index in [0.717, 1.165) is 12.8 Å². The molecule has 0 amide bonds. The lowest BCUT2D eigenvalue weighted by Gasteiger charge is -2.36. The van der Waals surface area contributed by atoms with Crippen molar-refractivity contribution in [2.75, 3.05) is 0 Å². The molecule has 2 atom stereocenters. The summed E-state index contributed by atoms with van der Waals surface area (Å²) in [5.74, 6) is 0. The zero-order valence-electron chi connectivity index (χ0n) is 13.0. The van der Waals surface area contributed by atoms with Crippen LogP contribution in [0.4, 0.5) is 0 Å². The first kappa shape index (κ1) is 16.1. The van der Waals surface area contributed by atoms with Gasteiger partial charge in [-0.1, -0.05) is 12.2 Å². The van der Waals surface area contributed by atoms with Crippen LogP contribution in [0, 0.1) is 0 Å². The van der Waals surface area contributed by atoms with E-state index in [1.165, 1.54) is 12.8 Å². The third kappa shape index (κ3) is 6.87. The van der Waals surface area contributed by atoms with Gasteiger partial charge in [-0.2, -0.15) is 0 Å². The maximum Gasteiger partial charge on any atom is 0.184 e. The van der Waals surface area contributed by atoms with E-state index in [1.54, 1.807) is 0 Å². The van der Waals surface area contributed by atoms with E-state index < -0.39 is 16.6 Å². The first-order valence-corrected chi connectivity index (χ1v) is 14.0. The average Bonchev–Trinajstić information content (AvgIpc) is 2.12. The minimum absolute atomic E-state index is 0.264. The molecule has 1 aliphatic carbocycles. The third-order valence-corrected chi connectivity index (χ3v) is 4.84. The van der Waals surface area contributed by atoms with E-state index >= 15 is 0 Å². The highest BCUT2D eigenvalue weighted by atomic mass is 28.4. The fourth-order valence-corrected chi connectivity index (χ4v) is 4.62. The molecule has 106 valence electrons. The smallest absolute Gasteiger partial charge is 0.184 e. The normalized spacial score (nSPS) is 28.6. The van der Waals surface area contributed by atoms with Crippen molar-refractivity contribution in [3.8, 4) is 0 Å². The summed E-state index contributed by atoms with van der Waals surface area (Å²) in [4.78, 5) is 0. The van der Waals surface area contributed by atoms with E-state index in [2.05, 4.69) is 51.4 Å². The highest BCUT2D eigenvalue weighted by molar-refractivity contribution is 6.70. The Morgan fingerprint density at radius 3 is 1.94 bits per heavy atom. The van der Waals surface area contributed by atoms with Crippen LogP contribution in [0.5, 0.6) is 0 Å². The molecule has 0 N–H and O–H groups in total. The highest BCUT2D eigenvalue weighted by Crippen LogP contribution is 2.25. The van der Waals surface area contributed by atoms with Crippen molar-refractivity contribution in [3.05, 3.63) is 12.2 Å². The molecule has 0 radical (unpaired) electrons. The second kappa shape index (κ2) is 6.50. The molecule has 0 saturated heterocycles. The van der Waals surface area contributed by atoms with Gasteiger partial charge in [0.25, 0.3) is 0 Å². The summed E-state index contributed by atoms with van der Waals surface area (Å²) in [6, 6.07) is 0. The van der Waals surface area contributed by atoms with Crippen LogP contribution in [0.1, 0.15) is 25.7 Å². The fraction of sp³-hybridized carbons (Fsp3) is 0.857. The largest absolute Gasteiger partial charge is 0.412 e. The van der Waals surface area contributed by atoms with Gasteiger partial charge in [-0.25, -0.2) is 0 Å². The van der Waals surface area contributed by atoms with Gasteiger partial charge < -0.3 is 8.85 Å². The van der Waals surface area contributed by atoms with Gasteiger partial charge in [0, 0.05) is 0 Å². The zero-order valence-corrected chi connectivity index (χ0v) is 15.0. The number of allylic oxidation sites excluding steroid dienone is 1. The summed E-state index contributed by atoms with van der Waals surface area (Å²) in [5.41, 5.74) is 0. The van der Waals surface area contributed by atoms with Crippen LogP contribution >= 0.6 is 0 Å². The molecular formula is C14H30O2Si2. The van der Waals surface area contributed by atoms with Crippen molar-refractivity contribution in [1.29, 1.82) is 0 Å². The van der Waals surface area contributed by atoms with Crippen molar-refractivity contribution >= 4 is 16.6 Å². The second-order valence-electron chi connectivity index (χ2n) is 7.18. The molecule has 0 aliphatic heterocycles. The Labute approximate surface area is 115 Å². The lowest BCUT2D eigenvalue weighted by Crippen LogP contribution is -2.44. The predicted octanol–water partition coefficient (Wildman–Crippen LogP) is 4.56. The van der Waals surface area contributed by atoms with Gasteiger partial charge >= 0.3 is 0 Å². The molecule has 4 heteroatoms. The first-order valence-electron chi connectivity index (χ1n) is 7.18. The molecule has 2 unspecified atom stereocenters. The van der Waals surface area contributed by atoms with E-state index in [1.807, 2.05) is 0 Å². The highest BCUT2D eigenvalue weighted by Gasteiger charge is 2.31. The minimum atomic E-state index is -1.50. The summed E-state index contributed by atoms with van der Waals surface area (Å²) in [5, 5.41) is 0. The van der Waals surface area contributed by atoms with Gasteiger partial charge in [0.1, 0.15) is 0 Å². The lowest BCUT2D eigenvalue weighted by molar-refractivity contribution is 0.0380. The van der Waals surface area contributed by atoms with Gasteiger partial charge in [0.2, 0.25) is 0 Å². The van der Waals surface area contributed by atoms with Crippen LogP contribution in [0.15, 0.2) is 12.2 Å². The molecule has 0 bridgehead atoms. The predicted molar refractivity (Wildman–Crippen MR) is 84.0 cm³/mol. The van der Waals surface area contributed by atoms with Crippen molar-refractivity contribution in [1.82, 2.24) is 0 Å². The molecule has 0 fully saturated rings. The maximum atomic E-state index is 6.37. The molecular weight excluding hydrogens is 256 g/mol. The molecule has 2 nitrogen and oxygen atoms in total. The van der Waals surface area contributed by atoms with Crippen LogP contribution < -0.4 is 0 Å². The van der Waals surface area contributed by atoms with Gasteiger partial charge in [-0.05, 0) is 65.0 Å². The Morgan fingerprint density at radius 1 is 0.833 bits per heavy atom. The summed E-state index contributed by atoms with van der Waals surface area (Å²) < 4.78 is 12.7. The monoisotopic (exact) mass is 286 g/mol. The maximum absolute atomic E-state index is 6.37. The Hall–Kier alpha value is 0.0938. The summed E-state index contributed by atoms with van der Waals surface area (Å²) in [7, 11) is -2.99. The van der Waals surface area contributed by atoms with Gasteiger partial charge in [-0.15, -0.1) is 0 Å². The third-order valence-electron chi connectivity index (χ3n) is 2.82. The van der Waals surface area contributed by atoms with Crippen molar-refractivity contribution < 1.29 is 8.85 Å². The molecule has 0 spiro atoms. The first-order chi connectivity index (χ1) is 8.17. The molecule has 18 heavy (non-hydrogen) atoms. The Kier molecular flexibility index (Phi) is 5.83. The van der Waals surface area contributed by atoms with Gasteiger partial charge in [0.05, 0.1) is 12.2 Å². The number of hydrogen-bond acceptors (Lipinski definition) is 2. The van der Waals surface area contributed by atoms with Crippen molar-refractivity contribution in [2.24, 2.45) is 0 Å². The summed E-state index contributed by atoms with van der Waals surface area (Å²) in [6.45, 7) is 13.6. The van der Waals surface area contributed by atoms with Crippen molar-refractivity contribution in [2.45, 2.75) is 77.2 Å². The SMILES string of the molecule is C[Si](C)(C)OC1C/C=C\CCCC1O[Si](C)(C)C. The quantitative estimate of drug-likeness (QED) is 0.557. The van der Waals surface area contributed by atoms with E-state index in [4.69, 9.17) is 8.85 Å². The molecule has 1 aliphatic rings. The number of rotatable bonds is 4. The molecule has 0 aromatic heterocycles. The fourth-order valence-electron chi connectivity index (χ4n) is 2.29. The van der Waals surface area contributed by atoms with Crippen LogP contribution in [-0.4, -0.2) is 28.8 Å². The van der Waals surface area contributed by atoms with Gasteiger partial charge in [-0.3, -0.25) is 0 Å². The van der Waals surface area contributed by atoms with E-state index in [9.17, 15) is 0 Å². The lowest BCUT2D eigenvalue weighted by atomic mass is 10.0. The topological polar surface area (TPSA) is 18.5 Å². The number of hydrogen-bond donors (Lipinski definition) is 0. The molecule has 0 heterocycles. The van der Waals surface area contributed by atoms with Crippen LogP contribution in [0.3, 0.4) is 0 Å². The summed E-state index contributed by atoms with van der Waals surface area (Å²) >= 11 is 0. The van der Waals surface area contributed by atoms with Crippen LogP contribution in [0.2, 0.25) is 39.3 Å². The Morgan fingerprint density at radius 2 is 1.39 bits per heavy atom. The minimum Gasteiger partial charge on any atom is -0.412 e. The molecule has 0 aromatic rings. The molecule has 0 aromatic carbocycles.